The average Bonchev–Trinajstić information content (AvgIpc) is 2.68. The highest BCUT2D eigenvalue weighted by Crippen LogP contribution is 2.23. The van der Waals surface area contributed by atoms with E-state index in [1.807, 2.05) is 36.4 Å². The van der Waals surface area contributed by atoms with Crippen LogP contribution in [0.3, 0.4) is 0 Å². The van der Waals surface area contributed by atoms with Crippen LogP contribution in [0.2, 0.25) is 10.0 Å². The number of ether oxygens (including phenoxy) is 1. The molecule has 0 saturated carbocycles. The second kappa shape index (κ2) is 9.91. The highest BCUT2D eigenvalue weighted by molar-refractivity contribution is 14.1. The van der Waals surface area contributed by atoms with Crippen molar-refractivity contribution in [1.29, 1.82) is 0 Å². The third kappa shape index (κ3) is 5.95. The maximum atomic E-state index is 12.1. The highest BCUT2D eigenvalue weighted by Gasteiger charge is 2.06. The molecule has 4 nitrogen and oxygen atoms in total. The first-order valence-corrected chi connectivity index (χ1v) is 10.1. The Morgan fingerprint density at radius 1 is 1.04 bits per heavy atom. The summed E-state index contributed by atoms with van der Waals surface area (Å²) < 4.78 is 6.92. The van der Waals surface area contributed by atoms with Gasteiger partial charge in [0.15, 0.2) is 0 Å². The molecule has 0 aromatic heterocycles. The minimum absolute atomic E-state index is 0.295. The standard InChI is InChI=1S/C21H15Cl2IN2O2/c22-17-3-1-2-14(10-17)13-28-20-9-6-18(23)11-16(20)12-25-26-21(27)15-4-7-19(24)8-5-15/h1-12H,13H2,(H,26,27)/b25-12-. The van der Waals surface area contributed by atoms with Gasteiger partial charge in [-0.15, -0.1) is 0 Å². The first-order chi connectivity index (χ1) is 13.5. The first-order valence-electron chi connectivity index (χ1n) is 8.27. The number of halogens is 3. The van der Waals surface area contributed by atoms with Crippen LogP contribution in [0.4, 0.5) is 0 Å². The lowest BCUT2D eigenvalue weighted by molar-refractivity contribution is 0.0955. The van der Waals surface area contributed by atoms with Crippen LogP contribution in [0.1, 0.15) is 21.5 Å². The fourth-order valence-corrected chi connectivity index (χ4v) is 3.12. The van der Waals surface area contributed by atoms with Crippen LogP contribution < -0.4 is 10.2 Å². The Kier molecular flexibility index (Phi) is 7.30. The summed E-state index contributed by atoms with van der Waals surface area (Å²) in [4.78, 5) is 12.1. The molecule has 0 aliphatic rings. The molecule has 0 bridgehead atoms. The van der Waals surface area contributed by atoms with Crippen LogP contribution in [-0.4, -0.2) is 12.1 Å². The zero-order chi connectivity index (χ0) is 19.9. The first kappa shape index (κ1) is 20.6. The molecule has 142 valence electrons. The third-order valence-corrected chi connectivity index (χ3v) is 4.92. The van der Waals surface area contributed by atoms with Gasteiger partial charge in [-0.05, 0) is 82.8 Å². The van der Waals surface area contributed by atoms with Crippen molar-refractivity contribution >= 4 is 57.9 Å². The van der Waals surface area contributed by atoms with Gasteiger partial charge in [0.1, 0.15) is 12.4 Å². The number of hydrogen-bond acceptors (Lipinski definition) is 3. The Morgan fingerprint density at radius 2 is 1.79 bits per heavy atom. The molecular weight excluding hydrogens is 510 g/mol. The van der Waals surface area contributed by atoms with E-state index < -0.39 is 0 Å². The predicted octanol–water partition coefficient (Wildman–Crippen LogP) is 5.94. The molecule has 0 heterocycles. The summed E-state index contributed by atoms with van der Waals surface area (Å²) in [5, 5.41) is 5.22. The summed E-state index contributed by atoms with van der Waals surface area (Å²) in [6, 6.07) is 19.9. The lowest BCUT2D eigenvalue weighted by atomic mass is 10.2. The topological polar surface area (TPSA) is 50.7 Å². The number of rotatable bonds is 6. The summed E-state index contributed by atoms with van der Waals surface area (Å²) >= 11 is 14.3. The summed E-state index contributed by atoms with van der Waals surface area (Å²) in [7, 11) is 0. The number of carbonyl (C=O) groups excluding carboxylic acids is 1. The van der Waals surface area contributed by atoms with E-state index in [1.54, 1.807) is 30.3 Å². The molecule has 0 aliphatic heterocycles. The lowest BCUT2D eigenvalue weighted by Gasteiger charge is -2.10. The molecule has 1 N–H and O–H groups in total. The van der Waals surface area contributed by atoms with Gasteiger partial charge >= 0.3 is 0 Å². The van der Waals surface area contributed by atoms with Crippen LogP contribution in [0.25, 0.3) is 0 Å². The Hall–Kier alpha value is -2.09. The molecule has 0 unspecified atom stereocenters. The largest absolute Gasteiger partial charge is 0.488 e. The molecule has 1 amide bonds. The molecule has 0 saturated heterocycles. The van der Waals surface area contributed by atoms with Gasteiger partial charge in [0, 0.05) is 24.7 Å². The lowest BCUT2D eigenvalue weighted by Crippen LogP contribution is -2.17. The number of hydrogen-bond donors (Lipinski definition) is 1. The number of amides is 1. The fraction of sp³-hybridized carbons (Fsp3) is 0.0476. The van der Waals surface area contributed by atoms with Crippen LogP contribution in [-0.2, 0) is 6.61 Å². The van der Waals surface area contributed by atoms with Gasteiger partial charge < -0.3 is 4.74 Å². The maximum Gasteiger partial charge on any atom is 0.271 e. The zero-order valence-electron chi connectivity index (χ0n) is 14.5. The van der Waals surface area contributed by atoms with Crippen molar-refractivity contribution in [2.75, 3.05) is 0 Å². The minimum Gasteiger partial charge on any atom is -0.488 e. The van der Waals surface area contributed by atoms with Crippen molar-refractivity contribution in [3.8, 4) is 5.75 Å². The average molecular weight is 525 g/mol. The van der Waals surface area contributed by atoms with Crippen molar-refractivity contribution < 1.29 is 9.53 Å². The number of nitrogens with zero attached hydrogens (tertiary/aromatic N) is 1. The van der Waals surface area contributed by atoms with Gasteiger partial charge in [0.25, 0.3) is 5.91 Å². The van der Waals surface area contributed by atoms with Crippen molar-refractivity contribution in [2.45, 2.75) is 6.61 Å². The third-order valence-electron chi connectivity index (χ3n) is 3.73. The van der Waals surface area contributed by atoms with Gasteiger partial charge in [-0.2, -0.15) is 5.10 Å². The Morgan fingerprint density at radius 3 is 2.54 bits per heavy atom. The van der Waals surface area contributed by atoms with Crippen molar-refractivity contribution in [1.82, 2.24) is 5.43 Å². The van der Waals surface area contributed by atoms with Crippen LogP contribution in [0, 0.1) is 3.57 Å². The summed E-state index contributed by atoms with van der Waals surface area (Å²) in [6.45, 7) is 0.345. The second-order valence-electron chi connectivity index (χ2n) is 5.81. The predicted molar refractivity (Wildman–Crippen MR) is 121 cm³/mol. The molecule has 3 rings (SSSR count). The van der Waals surface area contributed by atoms with E-state index in [4.69, 9.17) is 27.9 Å². The van der Waals surface area contributed by atoms with E-state index in [2.05, 4.69) is 33.1 Å². The number of carbonyl (C=O) groups is 1. The zero-order valence-corrected chi connectivity index (χ0v) is 18.2. The van der Waals surface area contributed by atoms with Crippen molar-refractivity contribution in [3.05, 3.63) is 97.0 Å². The molecule has 3 aromatic rings. The van der Waals surface area contributed by atoms with Crippen LogP contribution in [0.15, 0.2) is 71.8 Å². The summed E-state index contributed by atoms with van der Waals surface area (Å²) in [5.41, 5.74) is 4.63. The van der Waals surface area contributed by atoms with Crippen LogP contribution >= 0.6 is 45.8 Å². The van der Waals surface area contributed by atoms with E-state index in [9.17, 15) is 4.79 Å². The smallest absolute Gasteiger partial charge is 0.271 e. The van der Waals surface area contributed by atoms with Gasteiger partial charge in [-0.1, -0.05) is 35.3 Å². The van der Waals surface area contributed by atoms with Gasteiger partial charge in [-0.3, -0.25) is 4.79 Å². The molecule has 7 heteroatoms. The van der Waals surface area contributed by atoms with Crippen molar-refractivity contribution in [3.63, 3.8) is 0 Å². The molecule has 0 aliphatic carbocycles. The van der Waals surface area contributed by atoms with E-state index in [0.29, 0.717) is 33.5 Å². The van der Waals surface area contributed by atoms with E-state index >= 15 is 0 Å². The molecule has 0 fully saturated rings. The van der Waals surface area contributed by atoms with Gasteiger partial charge in [-0.25, -0.2) is 5.43 Å². The fourth-order valence-electron chi connectivity index (χ4n) is 2.37. The van der Waals surface area contributed by atoms with Gasteiger partial charge in [0.2, 0.25) is 0 Å². The second-order valence-corrected chi connectivity index (χ2v) is 7.93. The monoisotopic (exact) mass is 524 g/mol. The number of benzene rings is 3. The molecular formula is C21H15Cl2IN2O2. The number of hydrazone groups is 1. The Labute approximate surface area is 186 Å². The van der Waals surface area contributed by atoms with E-state index in [1.165, 1.54) is 6.21 Å². The summed E-state index contributed by atoms with van der Waals surface area (Å²) in [6.07, 6.45) is 1.50. The molecule has 0 atom stereocenters. The molecule has 0 spiro atoms. The minimum atomic E-state index is -0.295. The van der Waals surface area contributed by atoms with Crippen LogP contribution in [0.5, 0.6) is 5.75 Å². The summed E-state index contributed by atoms with van der Waals surface area (Å²) in [5.74, 6) is 0.299. The molecule has 28 heavy (non-hydrogen) atoms. The highest BCUT2D eigenvalue weighted by atomic mass is 127. The SMILES string of the molecule is O=C(N/N=C\c1cc(Cl)ccc1OCc1cccc(Cl)c1)c1ccc(I)cc1. The van der Waals surface area contributed by atoms with Crippen molar-refractivity contribution in [2.24, 2.45) is 5.10 Å². The molecule has 3 aromatic carbocycles. The van der Waals surface area contributed by atoms with Gasteiger partial charge in [0.05, 0.1) is 6.21 Å². The Balaban J connectivity index is 1.68. The molecule has 0 radical (unpaired) electrons. The maximum absolute atomic E-state index is 12.1. The van der Waals surface area contributed by atoms with E-state index in [0.717, 1.165) is 9.13 Å². The number of nitrogens with one attached hydrogen (secondary N) is 1. The quantitative estimate of drug-likeness (QED) is 0.246. The Bertz CT molecular complexity index is 1010. The normalized spacial score (nSPS) is 10.8. The van der Waals surface area contributed by atoms with E-state index in [-0.39, 0.29) is 5.91 Å².